The Hall–Kier alpha value is -6.09. The topological polar surface area (TPSA) is 4.93 Å². The summed E-state index contributed by atoms with van der Waals surface area (Å²) in [6.07, 6.45) is 7.03. The predicted octanol–water partition coefficient (Wildman–Crippen LogP) is 14.2. The van der Waals surface area contributed by atoms with E-state index in [-0.39, 0.29) is 0 Å². The van der Waals surface area contributed by atoms with Crippen molar-refractivity contribution >= 4 is 31.8 Å². The summed E-state index contributed by atoms with van der Waals surface area (Å²) in [6, 6.07) is 71.2. The molecule has 0 saturated heterocycles. The lowest BCUT2D eigenvalue weighted by molar-refractivity contribution is 1.18. The fourth-order valence-electron chi connectivity index (χ4n) is 7.49. The van der Waals surface area contributed by atoms with Gasteiger partial charge in [0.15, 0.2) is 0 Å². The number of benzene rings is 8. The number of nitrogens with zero attached hydrogens (tertiary/aromatic N) is 1. The van der Waals surface area contributed by atoms with Crippen LogP contribution in [0.4, 0.5) is 0 Å². The largest absolute Gasteiger partial charge is 0.309 e. The quantitative estimate of drug-likeness (QED) is 0.156. The van der Waals surface area contributed by atoms with Crippen molar-refractivity contribution in [3.63, 3.8) is 0 Å². The van der Waals surface area contributed by atoms with Gasteiger partial charge in [-0.15, -0.1) is 0 Å². The van der Waals surface area contributed by atoms with Gasteiger partial charge in [0.25, 0.3) is 0 Å². The molecule has 1 nitrogen and oxygen atoms in total. The Bertz CT molecular complexity index is 2540. The van der Waals surface area contributed by atoms with Crippen LogP contribution in [0.25, 0.3) is 83.1 Å². The molecule has 2 heteroatoms. The fraction of sp³-hybridized carbons (Fsp3) is 0.0588. The van der Waals surface area contributed by atoms with E-state index in [1.165, 1.54) is 82.3 Å². The fourth-order valence-corrected chi connectivity index (χ4v) is 8.44. The van der Waals surface area contributed by atoms with Crippen molar-refractivity contribution in [1.29, 1.82) is 0 Å². The molecule has 0 fully saturated rings. The second-order valence-electron chi connectivity index (χ2n) is 14.6. The number of hydrogen-bond acceptors (Lipinski definition) is 0. The maximum atomic E-state index is 2.42. The van der Waals surface area contributed by atoms with Gasteiger partial charge in [-0.3, -0.25) is 0 Å². The van der Waals surface area contributed by atoms with Crippen LogP contribution in [0.5, 0.6) is 0 Å². The monoisotopic (exact) mass is 699 g/mol. The maximum Gasteiger partial charge on any atom is 0.0541 e. The first-order valence-electron chi connectivity index (χ1n) is 18.2. The summed E-state index contributed by atoms with van der Waals surface area (Å²) in [5.41, 5.74) is 15.8. The maximum absolute atomic E-state index is 2.42. The summed E-state index contributed by atoms with van der Waals surface area (Å²) in [6.45, 7) is 0. The zero-order valence-corrected chi connectivity index (χ0v) is 31.1. The highest BCUT2D eigenvalue weighted by molar-refractivity contribution is 8.32. The van der Waals surface area contributed by atoms with E-state index in [4.69, 9.17) is 0 Å². The van der Waals surface area contributed by atoms with Gasteiger partial charge in [-0.1, -0.05) is 146 Å². The van der Waals surface area contributed by atoms with E-state index in [0.29, 0.717) is 0 Å². The number of hydrogen-bond donors (Lipinski definition) is 0. The molecule has 1 aromatic heterocycles. The Morgan fingerprint density at radius 1 is 0.302 bits per heavy atom. The third kappa shape index (κ3) is 6.37. The van der Waals surface area contributed by atoms with E-state index >= 15 is 0 Å². The highest BCUT2D eigenvalue weighted by Crippen LogP contribution is 2.45. The van der Waals surface area contributed by atoms with E-state index in [1.807, 2.05) is 0 Å². The van der Waals surface area contributed by atoms with Gasteiger partial charge in [0, 0.05) is 16.5 Å². The van der Waals surface area contributed by atoms with Crippen molar-refractivity contribution in [2.75, 3.05) is 18.8 Å². The third-order valence-electron chi connectivity index (χ3n) is 10.4. The van der Waals surface area contributed by atoms with Gasteiger partial charge in [0.2, 0.25) is 0 Å². The van der Waals surface area contributed by atoms with Crippen LogP contribution in [0.2, 0.25) is 0 Å². The van der Waals surface area contributed by atoms with Crippen LogP contribution in [0.1, 0.15) is 0 Å². The summed E-state index contributed by atoms with van der Waals surface area (Å²) >= 11 is 0. The smallest absolute Gasteiger partial charge is 0.0541 e. The number of rotatable bonds is 7. The Kier molecular flexibility index (Phi) is 8.33. The summed E-state index contributed by atoms with van der Waals surface area (Å²) in [5.74, 6) is 0. The molecule has 1 heterocycles. The molecule has 0 aliphatic carbocycles. The van der Waals surface area contributed by atoms with Gasteiger partial charge in [-0.2, -0.15) is 0 Å². The van der Waals surface area contributed by atoms with Gasteiger partial charge < -0.3 is 4.57 Å². The van der Waals surface area contributed by atoms with Crippen molar-refractivity contribution in [3.05, 3.63) is 194 Å². The first-order chi connectivity index (χ1) is 25.9. The van der Waals surface area contributed by atoms with Crippen molar-refractivity contribution in [1.82, 2.24) is 4.57 Å². The molecule has 0 aliphatic heterocycles. The zero-order valence-electron chi connectivity index (χ0n) is 30.3. The molecule has 0 atom stereocenters. The second kappa shape index (κ2) is 13.5. The average Bonchev–Trinajstić information content (AvgIpc) is 3.54. The van der Waals surface area contributed by atoms with Crippen LogP contribution >= 0.6 is 10.0 Å². The Balaban J connectivity index is 1.14. The van der Waals surface area contributed by atoms with Crippen molar-refractivity contribution in [3.8, 4) is 61.3 Å². The first-order valence-corrected chi connectivity index (χ1v) is 21.0. The molecule has 0 N–H and O–H groups in total. The van der Waals surface area contributed by atoms with E-state index in [9.17, 15) is 0 Å². The lowest BCUT2D eigenvalue weighted by Gasteiger charge is -2.25. The van der Waals surface area contributed by atoms with Crippen molar-refractivity contribution < 1.29 is 0 Å². The standard InChI is InChI=1S/C51H41NS/c1-53(2,3)47-30-24-41(25-31-47)40-22-28-46(29-23-40)52-50-32-26-44(42-18-14-38(15-19-42)36-10-6-4-7-11-36)34-48(50)49-35-45(27-33-51(49)52)43-20-16-39(17-21-43)37-12-8-5-9-13-37/h4-35H,1-3H3. The minimum absolute atomic E-state index is 0.752. The van der Waals surface area contributed by atoms with Crippen molar-refractivity contribution in [2.45, 2.75) is 4.90 Å². The van der Waals surface area contributed by atoms with E-state index in [1.54, 1.807) is 0 Å². The summed E-state index contributed by atoms with van der Waals surface area (Å²) in [4.78, 5) is 1.43. The second-order valence-corrected chi connectivity index (χ2v) is 18.7. The Morgan fingerprint density at radius 3 is 0.981 bits per heavy atom. The summed E-state index contributed by atoms with van der Waals surface area (Å²) in [5, 5.41) is 2.49. The molecule has 8 aromatic carbocycles. The Labute approximate surface area is 314 Å². The molecular formula is C51H41NS. The van der Waals surface area contributed by atoms with E-state index in [0.717, 1.165) is 5.69 Å². The third-order valence-corrected chi connectivity index (χ3v) is 12.1. The van der Waals surface area contributed by atoms with Gasteiger partial charge >= 0.3 is 0 Å². The normalized spacial score (nSPS) is 12.0. The number of fused-ring (bicyclic) bond motifs is 3. The van der Waals surface area contributed by atoms with Gasteiger partial charge in [-0.05, 0) is 128 Å². The molecule has 256 valence electrons. The molecule has 9 aromatic rings. The summed E-state index contributed by atoms with van der Waals surface area (Å²) < 4.78 is 2.42. The van der Waals surface area contributed by atoms with Crippen LogP contribution < -0.4 is 0 Å². The molecule has 0 radical (unpaired) electrons. The van der Waals surface area contributed by atoms with E-state index in [2.05, 4.69) is 217 Å². The van der Waals surface area contributed by atoms with Gasteiger partial charge in [0.1, 0.15) is 0 Å². The molecule has 0 amide bonds. The molecular weight excluding hydrogens is 659 g/mol. The lowest BCUT2D eigenvalue weighted by Crippen LogP contribution is -1.94. The van der Waals surface area contributed by atoms with Gasteiger partial charge in [0.05, 0.1) is 11.0 Å². The molecule has 0 aliphatic rings. The van der Waals surface area contributed by atoms with Crippen LogP contribution in [0, 0.1) is 0 Å². The lowest BCUT2D eigenvalue weighted by atomic mass is 9.97. The average molecular weight is 700 g/mol. The molecule has 0 bridgehead atoms. The van der Waals surface area contributed by atoms with Crippen LogP contribution in [0.15, 0.2) is 199 Å². The highest BCUT2D eigenvalue weighted by Gasteiger charge is 2.16. The van der Waals surface area contributed by atoms with Crippen molar-refractivity contribution in [2.24, 2.45) is 0 Å². The SMILES string of the molecule is CS(C)(C)c1ccc(-c2ccc(-n3c4ccc(-c5ccc(-c6ccccc6)cc5)cc4c4cc(-c5ccc(-c6ccccc6)cc5)ccc43)cc2)cc1. The van der Waals surface area contributed by atoms with Gasteiger partial charge in [-0.25, -0.2) is 10.0 Å². The first kappa shape index (κ1) is 32.8. The molecule has 0 unspecified atom stereocenters. The predicted molar refractivity (Wildman–Crippen MR) is 232 cm³/mol. The zero-order chi connectivity index (χ0) is 35.9. The molecule has 0 saturated carbocycles. The van der Waals surface area contributed by atoms with E-state index < -0.39 is 10.0 Å². The Morgan fingerprint density at radius 2 is 0.604 bits per heavy atom. The molecule has 0 spiro atoms. The summed E-state index contributed by atoms with van der Waals surface area (Å²) in [7, 11) is -0.752. The molecule has 9 rings (SSSR count). The minimum Gasteiger partial charge on any atom is -0.309 e. The van der Waals surface area contributed by atoms with Crippen LogP contribution in [-0.4, -0.2) is 23.3 Å². The molecule has 53 heavy (non-hydrogen) atoms. The van der Waals surface area contributed by atoms with Crippen LogP contribution in [0.3, 0.4) is 0 Å². The highest BCUT2D eigenvalue weighted by atomic mass is 32.3. The number of aromatic nitrogens is 1. The minimum atomic E-state index is -0.752. The van der Waals surface area contributed by atoms with Crippen LogP contribution in [-0.2, 0) is 0 Å².